The highest BCUT2D eigenvalue weighted by Crippen LogP contribution is 2.34. The Kier molecular flexibility index (Phi) is 7.64. The zero-order valence-electron chi connectivity index (χ0n) is 22.2. The number of aliphatic hydroxyl groups is 1. The van der Waals surface area contributed by atoms with Gasteiger partial charge in [0.15, 0.2) is 5.82 Å². The van der Waals surface area contributed by atoms with Crippen LogP contribution in [0.5, 0.6) is 0 Å². The lowest BCUT2D eigenvalue weighted by Crippen LogP contribution is -2.35. The summed E-state index contributed by atoms with van der Waals surface area (Å²) in [7, 11) is 0. The van der Waals surface area contributed by atoms with E-state index in [2.05, 4.69) is 35.8 Å². The van der Waals surface area contributed by atoms with Gasteiger partial charge in [-0.05, 0) is 51.7 Å². The molecule has 41 heavy (non-hydrogen) atoms. The Hall–Kier alpha value is -4.14. The van der Waals surface area contributed by atoms with E-state index in [9.17, 15) is 27.1 Å². The van der Waals surface area contributed by atoms with Crippen LogP contribution in [0.15, 0.2) is 43.0 Å². The molecular formula is C26H28F5N9O. The van der Waals surface area contributed by atoms with E-state index in [0.717, 1.165) is 4.68 Å². The van der Waals surface area contributed by atoms with Gasteiger partial charge in [0, 0.05) is 48.1 Å². The number of hydrogen-bond acceptors (Lipinski definition) is 8. The Labute approximate surface area is 231 Å². The Balaban J connectivity index is 1.41. The summed E-state index contributed by atoms with van der Waals surface area (Å²) in [6, 6.07) is 4.79. The average Bonchev–Trinajstić information content (AvgIpc) is 3.52. The van der Waals surface area contributed by atoms with E-state index >= 15 is 0 Å². The third kappa shape index (κ3) is 6.96. The number of nitrogens with one attached hydrogen (secondary N) is 2. The SMILES string of the molecule is Cc1nn(CC(F)(F)F)cc1-c1nccc(Nc2cc(NC3CCC(C)(O)CC3)c(-c3ccn(C(F)F)n3)cn2)n1. The Morgan fingerprint density at radius 2 is 1.85 bits per heavy atom. The number of aryl methyl sites for hydroxylation is 1. The van der Waals surface area contributed by atoms with Crippen LogP contribution < -0.4 is 10.6 Å². The van der Waals surface area contributed by atoms with Crippen molar-refractivity contribution in [2.24, 2.45) is 0 Å². The fraction of sp³-hybridized carbons (Fsp3) is 0.423. The molecule has 0 radical (unpaired) electrons. The van der Waals surface area contributed by atoms with Gasteiger partial charge in [0.25, 0.3) is 0 Å². The van der Waals surface area contributed by atoms with Gasteiger partial charge in [-0.25, -0.2) is 19.6 Å². The van der Waals surface area contributed by atoms with Crippen LogP contribution >= 0.6 is 0 Å². The molecule has 10 nitrogen and oxygen atoms in total. The van der Waals surface area contributed by atoms with E-state index in [-0.39, 0.29) is 11.9 Å². The third-order valence-corrected chi connectivity index (χ3v) is 6.85. The summed E-state index contributed by atoms with van der Waals surface area (Å²) in [4.78, 5) is 13.0. The molecule has 1 aliphatic rings. The van der Waals surface area contributed by atoms with Crippen molar-refractivity contribution in [2.45, 2.75) is 70.4 Å². The van der Waals surface area contributed by atoms with Gasteiger partial charge >= 0.3 is 12.7 Å². The van der Waals surface area contributed by atoms with Gasteiger partial charge in [-0.15, -0.1) is 0 Å². The Morgan fingerprint density at radius 1 is 1.10 bits per heavy atom. The lowest BCUT2D eigenvalue weighted by molar-refractivity contribution is -0.142. The van der Waals surface area contributed by atoms with E-state index < -0.39 is 24.9 Å². The first-order chi connectivity index (χ1) is 19.3. The van der Waals surface area contributed by atoms with Crippen molar-refractivity contribution in [1.29, 1.82) is 0 Å². The second-order valence-electron chi connectivity index (χ2n) is 10.3. The minimum atomic E-state index is -4.42. The molecule has 0 saturated heterocycles. The molecule has 4 aromatic rings. The van der Waals surface area contributed by atoms with Gasteiger partial charge in [-0.2, -0.15) is 32.1 Å². The molecule has 15 heteroatoms. The van der Waals surface area contributed by atoms with Gasteiger partial charge in [-0.3, -0.25) is 4.68 Å². The zero-order chi connectivity index (χ0) is 29.4. The topological polar surface area (TPSA) is 119 Å². The van der Waals surface area contributed by atoms with Gasteiger partial charge in [0.1, 0.15) is 18.2 Å². The molecule has 0 unspecified atom stereocenters. The fourth-order valence-corrected chi connectivity index (χ4v) is 4.73. The van der Waals surface area contributed by atoms with Crippen LogP contribution in [0.1, 0.15) is 44.9 Å². The molecule has 0 aromatic carbocycles. The van der Waals surface area contributed by atoms with Crippen molar-refractivity contribution in [1.82, 2.24) is 34.5 Å². The summed E-state index contributed by atoms with van der Waals surface area (Å²) in [5, 5.41) is 24.8. The first-order valence-corrected chi connectivity index (χ1v) is 12.9. The summed E-state index contributed by atoms with van der Waals surface area (Å²) < 4.78 is 66.1. The largest absolute Gasteiger partial charge is 0.408 e. The van der Waals surface area contributed by atoms with Gasteiger partial charge in [0.05, 0.1) is 22.6 Å². The van der Waals surface area contributed by atoms with Crippen molar-refractivity contribution in [2.75, 3.05) is 10.6 Å². The number of anilines is 3. The first-order valence-electron chi connectivity index (χ1n) is 12.9. The molecule has 0 aliphatic heterocycles. The quantitative estimate of drug-likeness (QED) is 0.228. The molecular weight excluding hydrogens is 549 g/mol. The summed E-state index contributed by atoms with van der Waals surface area (Å²) in [5.41, 5.74) is 1.40. The highest BCUT2D eigenvalue weighted by molar-refractivity contribution is 5.78. The van der Waals surface area contributed by atoms with Gasteiger partial charge in [-0.1, -0.05) is 0 Å². The van der Waals surface area contributed by atoms with Crippen molar-refractivity contribution >= 4 is 17.3 Å². The van der Waals surface area contributed by atoms with Crippen molar-refractivity contribution in [3.05, 3.63) is 48.7 Å². The monoisotopic (exact) mass is 577 g/mol. The molecule has 1 fully saturated rings. The van der Waals surface area contributed by atoms with Crippen LogP contribution in [0.3, 0.4) is 0 Å². The average molecular weight is 578 g/mol. The highest BCUT2D eigenvalue weighted by atomic mass is 19.4. The molecule has 0 spiro atoms. The molecule has 1 saturated carbocycles. The van der Waals surface area contributed by atoms with E-state index in [1.54, 1.807) is 26.0 Å². The van der Waals surface area contributed by atoms with Crippen LogP contribution in [0.2, 0.25) is 0 Å². The highest BCUT2D eigenvalue weighted by Gasteiger charge is 2.30. The van der Waals surface area contributed by atoms with Crippen LogP contribution in [0.4, 0.5) is 39.3 Å². The number of aromatic nitrogens is 7. The summed E-state index contributed by atoms with van der Waals surface area (Å²) in [6.07, 6.45) is 3.62. The molecule has 4 aromatic heterocycles. The normalized spacial score (nSPS) is 19.5. The van der Waals surface area contributed by atoms with Crippen LogP contribution in [0.25, 0.3) is 22.6 Å². The number of rotatable bonds is 8. The lowest BCUT2D eigenvalue weighted by Gasteiger charge is -2.34. The second kappa shape index (κ2) is 11.0. The van der Waals surface area contributed by atoms with Gasteiger partial charge in [0.2, 0.25) is 0 Å². The third-order valence-electron chi connectivity index (χ3n) is 6.85. The Morgan fingerprint density at radius 3 is 2.54 bits per heavy atom. The van der Waals surface area contributed by atoms with E-state index in [1.807, 2.05) is 0 Å². The second-order valence-corrected chi connectivity index (χ2v) is 10.3. The lowest BCUT2D eigenvalue weighted by atomic mass is 9.83. The summed E-state index contributed by atoms with van der Waals surface area (Å²) >= 11 is 0. The smallest absolute Gasteiger partial charge is 0.390 e. The van der Waals surface area contributed by atoms with E-state index in [0.29, 0.717) is 70.2 Å². The molecule has 0 bridgehead atoms. The fourth-order valence-electron chi connectivity index (χ4n) is 4.73. The van der Waals surface area contributed by atoms with E-state index in [4.69, 9.17) is 0 Å². The van der Waals surface area contributed by atoms with E-state index in [1.165, 1.54) is 30.9 Å². The molecule has 1 aliphatic carbocycles. The van der Waals surface area contributed by atoms with Crippen LogP contribution in [-0.2, 0) is 6.54 Å². The number of nitrogens with zero attached hydrogens (tertiary/aromatic N) is 7. The number of halogens is 5. The zero-order valence-corrected chi connectivity index (χ0v) is 22.2. The molecule has 218 valence electrons. The standard InChI is InChI=1S/C26H28F5N9O/c1-15-18(13-39(37-15)14-26(29,30)31)23-32-9-5-21(36-23)35-22-11-20(34-16-3-7-25(2,41)8-4-16)17(12-33-22)19-6-10-40(38-19)24(27)28/h5-6,9-13,16,24,41H,3-4,7-8,14H2,1-2H3,(H2,32,33,34,35,36). The first kappa shape index (κ1) is 28.4. The maximum atomic E-state index is 13.2. The summed E-state index contributed by atoms with van der Waals surface area (Å²) in [6.45, 7) is -0.639. The van der Waals surface area contributed by atoms with Crippen molar-refractivity contribution in [3.8, 4) is 22.6 Å². The molecule has 0 amide bonds. The molecule has 4 heterocycles. The van der Waals surface area contributed by atoms with Crippen LogP contribution in [0, 0.1) is 6.92 Å². The minimum absolute atomic E-state index is 0.0308. The molecule has 0 atom stereocenters. The van der Waals surface area contributed by atoms with Crippen LogP contribution in [-0.4, -0.2) is 57.4 Å². The molecule has 3 N–H and O–H groups in total. The molecule has 5 rings (SSSR count). The van der Waals surface area contributed by atoms with Gasteiger partial charge < -0.3 is 15.7 Å². The van der Waals surface area contributed by atoms with Crippen molar-refractivity contribution in [3.63, 3.8) is 0 Å². The number of pyridine rings is 1. The predicted molar refractivity (Wildman–Crippen MR) is 141 cm³/mol. The predicted octanol–water partition coefficient (Wildman–Crippen LogP) is 5.71. The number of alkyl halides is 5. The van der Waals surface area contributed by atoms with Crippen molar-refractivity contribution < 1.29 is 27.1 Å². The minimum Gasteiger partial charge on any atom is -0.390 e. The maximum Gasteiger partial charge on any atom is 0.408 e. The maximum absolute atomic E-state index is 13.2. The number of hydrogen-bond donors (Lipinski definition) is 3. The Bertz CT molecular complexity index is 1510. The summed E-state index contributed by atoms with van der Waals surface area (Å²) in [5.74, 6) is 0.893.